The Morgan fingerprint density at radius 1 is 1.24 bits per heavy atom. The maximum absolute atomic E-state index is 13.0. The Morgan fingerprint density at radius 3 is 2.60 bits per heavy atom. The van der Waals surface area contributed by atoms with E-state index in [1.165, 1.54) is 11.1 Å². The molecule has 1 heterocycles. The molecule has 0 spiro atoms. The van der Waals surface area contributed by atoms with E-state index in [1.807, 2.05) is 4.90 Å². The van der Waals surface area contributed by atoms with Gasteiger partial charge in [-0.3, -0.25) is 4.79 Å². The molecule has 0 radical (unpaired) electrons. The van der Waals surface area contributed by atoms with Gasteiger partial charge in [-0.25, -0.2) is 0 Å². The van der Waals surface area contributed by atoms with E-state index in [0.29, 0.717) is 0 Å². The highest BCUT2D eigenvalue weighted by atomic mass is 35.5. The lowest BCUT2D eigenvalue weighted by Crippen LogP contribution is -2.41. The zero-order valence-corrected chi connectivity index (χ0v) is 16.0. The molecule has 0 bridgehead atoms. The van der Waals surface area contributed by atoms with E-state index in [4.69, 9.17) is 10.5 Å². The number of carbonyl (C=O) groups is 1. The molecule has 1 aliphatic heterocycles. The van der Waals surface area contributed by atoms with Crippen molar-refractivity contribution in [3.8, 4) is 0 Å². The van der Waals surface area contributed by atoms with Gasteiger partial charge in [0.15, 0.2) is 0 Å². The summed E-state index contributed by atoms with van der Waals surface area (Å²) < 4.78 is 5.77. The first-order valence-electron chi connectivity index (χ1n) is 9.33. The molecule has 3 unspecified atom stereocenters. The lowest BCUT2D eigenvalue weighted by molar-refractivity contribution is -0.137. The fourth-order valence-electron chi connectivity index (χ4n) is 3.84. The topological polar surface area (TPSA) is 55.6 Å². The van der Waals surface area contributed by atoms with Gasteiger partial charge in [0.05, 0.1) is 6.10 Å². The van der Waals surface area contributed by atoms with E-state index in [-0.39, 0.29) is 36.4 Å². The van der Waals surface area contributed by atoms with Crippen LogP contribution >= 0.6 is 12.4 Å². The lowest BCUT2D eigenvalue weighted by Gasteiger charge is -2.28. The summed E-state index contributed by atoms with van der Waals surface area (Å²) in [6.07, 6.45) is 6.04. The number of aryl methyl sites for hydroxylation is 1. The van der Waals surface area contributed by atoms with Crippen LogP contribution in [0.15, 0.2) is 24.3 Å². The third-order valence-corrected chi connectivity index (χ3v) is 5.37. The van der Waals surface area contributed by atoms with Crippen molar-refractivity contribution in [3.63, 3.8) is 0 Å². The van der Waals surface area contributed by atoms with E-state index in [0.717, 1.165) is 58.2 Å². The minimum Gasteiger partial charge on any atom is -0.376 e. The molecule has 3 atom stereocenters. The van der Waals surface area contributed by atoms with Gasteiger partial charge >= 0.3 is 0 Å². The van der Waals surface area contributed by atoms with Crippen molar-refractivity contribution in [1.29, 1.82) is 0 Å². The van der Waals surface area contributed by atoms with Crippen LogP contribution in [0.1, 0.15) is 43.2 Å². The van der Waals surface area contributed by atoms with Crippen LogP contribution in [0.25, 0.3) is 0 Å². The van der Waals surface area contributed by atoms with E-state index in [9.17, 15) is 4.79 Å². The Morgan fingerprint density at radius 2 is 2.00 bits per heavy atom. The van der Waals surface area contributed by atoms with Crippen LogP contribution in [0.5, 0.6) is 0 Å². The van der Waals surface area contributed by atoms with E-state index >= 15 is 0 Å². The quantitative estimate of drug-likeness (QED) is 0.841. The second-order valence-electron chi connectivity index (χ2n) is 7.42. The summed E-state index contributed by atoms with van der Waals surface area (Å²) in [6.45, 7) is 4.43. The van der Waals surface area contributed by atoms with Crippen molar-refractivity contribution in [2.75, 3.05) is 19.7 Å². The normalized spacial score (nSPS) is 25.6. The smallest absolute Gasteiger partial charge is 0.225 e. The molecule has 0 aromatic heterocycles. The number of ether oxygens (including phenoxy) is 1. The van der Waals surface area contributed by atoms with Crippen molar-refractivity contribution in [2.45, 2.75) is 57.6 Å². The van der Waals surface area contributed by atoms with Crippen LogP contribution in [0.4, 0.5) is 0 Å². The predicted molar refractivity (Wildman–Crippen MR) is 103 cm³/mol. The molecule has 1 amide bonds. The highest BCUT2D eigenvalue weighted by Crippen LogP contribution is 2.27. The van der Waals surface area contributed by atoms with E-state index in [2.05, 4.69) is 31.2 Å². The standard InChI is InChI=1S/C20H30N2O2.ClH/c1-15-4-6-16(7-5-15)10-11-22(14-19-3-2-12-24-19)20(23)17-8-9-18(21)13-17;/h4-7,17-19H,2-3,8-14,21H2,1H3;1H. The van der Waals surface area contributed by atoms with Crippen molar-refractivity contribution >= 4 is 18.3 Å². The average Bonchev–Trinajstić information content (AvgIpc) is 3.24. The SMILES string of the molecule is Cc1ccc(CCN(CC2CCCO2)C(=O)C2CCC(N)C2)cc1.Cl. The van der Waals surface area contributed by atoms with Crippen LogP contribution in [0.2, 0.25) is 0 Å². The second-order valence-corrected chi connectivity index (χ2v) is 7.42. The number of benzene rings is 1. The Balaban J connectivity index is 0.00000225. The minimum absolute atomic E-state index is 0. The number of hydrogen-bond donors (Lipinski definition) is 1. The minimum atomic E-state index is 0. The van der Waals surface area contributed by atoms with Gasteiger partial charge in [-0.1, -0.05) is 29.8 Å². The molecular formula is C20H31ClN2O2. The van der Waals surface area contributed by atoms with Crippen LogP contribution in [0, 0.1) is 12.8 Å². The van der Waals surface area contributed by atoms with Gasteiger partial charge in [-0.05, 0) is 51.0 Å². The molecule has 2 fully saturated rings. The fraction of sp³-hybridized carbons (Fsp3) is 0.650. The fourth-order valence-corrected chi connectivity index (χ4v) is 3.84. The largest absolute Gasteiger partial charge is 0.376 e. The molecule has 1 saturated heterocycles. The van der Waals surface area contributed by atoms with Gasteiger partial charge < -0.3 is 15.4 Å². The molecule has 1 aliphatic carbocycles. The number of hydrogen-bond acceptors (Lipinski definition) is 3. The third kappa shape index (κ3) is 5.70. The second kappa shape index (κ2) is 9.56. The van der Waals surface area contributed by atoms with Crippen LogP contribution in [-0.2, 0) is 16.0 Å². The first kappa shape index (κ1) is 20.2. The van der Waals surface area contributed by atoms with Gasteiger partial charge in [-0.15, -0.1) is 12.4 Å². The Kier molecular flexibility index (Phi) is 7.73. The highest BCUT2D eigenvalue weighted by Gasteiger charge is 2.32. The van der Waals surface area contributed by atoms with Gasteiger partial charge in [0.1, 0.15) is 0 Å². The summed E-state index contributed by atoms with van der Waals surface area (Å²) in [6, 6.07) is 8.79. The summed E-state index contributed by atoms with van der Waals surface area (Å²) in [5.74, 6) is 0.394. The summed E-state index contributed by atoms with van der Waals surface area (Å²) in [5.41, 5.74) is 8.57. The first-order valence-corrected chi connectivity index (χ1v) is 9.33. The van der Waals surface area contributed by atoms with Crippen molar-refractivity contribution < 1.29 is 9.53 Å². The number of nitrogens with two attached hydrogens (primary N) is 1. The van der Waals surface area contributed by atoms with Gasteiger partial charge in [-0.2, -0.15) is 0 Å². The summed E-state index contributed by atoms with van der Waals surface area (Å²) in [7, 11) is 0. The van der Waals surface area contributed by atoms with Gasteiger partial charge in [0.2, 0.25) is 5.91 Å². The molecule has 1 aromatic rings. The number of halogens is 1. The van der Waals surface area contributed by atoms with Crippen LogP contribution in [-0.4, -0.2) is 42.6 Å². The summed E-state index contributed by atoms with van der Waals surface area (Å²) in [4.78, 5) is 15.0. The zero-order valence-electron chi connectivity index (χ0n) is 15.2. The summed E-state index contributed by atoms with van der Waals surface area (Å²) >= 11 is 0. The highest BCUT2D eigenvalue weighted by molar-refractivity contribution is 5.85. The maximum atomic E-state index is 13.0. The molecule has 4 nitrogen and oxygen atoms in total. The lowest BCUT2D eigenvalue weighted by atomic mass is 10.0. The number of nitrogens with zero attached hydrogens (tertiary/aromatic N) is 1. The van der Waals surface area contributed by atoms with Crippen molar-refractivity contribution in [1.82, 2.24) is 4.90 Å². The Hall–Kier alpha value is -1.10. The predicted octanol–water partition coefficient (Wildman–Crippen LogP) is 3.09. The van der Waals surface area contributed by atoms with Gasteiger partial charge in [0.25, 0.3) is 0 Å². The van der Waals surface area contributed by atoms with E-state index < -0.39 is 0 Å². The number of amides is 1. The first-order chi connectivity index (χ1) is 11.6. The maximum Gasteiger partial charge on any atom is 0.225 e. The van der Waals surface area contributed by atoms with Gasteiger partial charge in [0, 0.05) is 31.7 Å². The number of rotatable bonds is 6. The summed E-state index contributed by atoms with van der Waals surface area (Å²) in [5, 5.41) is 0. The molecule has 25 heavy (non-hydrogen) atoms. The molecular weight excluding hydrogens is 336 g/mol. The average molecular weight is 367 g/mol. The number of carbonyl (C=O) groups excluding carboxylic acids is 1. The zero-order chi connectivity index (χ0) is 16.9. The van der Waals surface area contributed by atoms with Crippen molar-refractivity contribution in [2.24, 2.45) is 11.7 Å². The molecule has 1 aromatic carbocycles. The van der Waals surface area contributed by atoms with Crippen LogP contribution in [0.3, 0.4) is 0 Å². The molecule has 2 N–H and O–H groups in total. The van der Waals surface area contributed by atoms with Crippen molar-refractivity contribution in [3.05, 3.63) is 35.4 Å². The van der Waals surface area contributed by atoms with E-state index in [1.54, 1.807) is 0 Å². The molecule has 1 saturated carbocycles. The molecule has 3 rings (SSSR count). The molecule has 2 aliphatic rings. The Labute approximate surface area is 157 Å². The van der Waals surface area contributed by atoms with Crippen LogP contribution < -0.4 is 5.73 Å². The monoisotopic (exact) mass is 366 g/mol. The third-order valence-electron chi connectivity index (χ3n) is 5.37. The molecule has 5 heteroatoms. The molecule has 140 valence electrons. The Bertz CT molecular complexity index is 543.